The largest absolute Gasteiger partial charge is 0.491 e. The number of ether oxygens (including phenoxy) is 1. The van der Waals surface area contributed by atoms with E-state index in [1.165, 1.54) is 25.7 Å². The van der Waals surface area contributed by atoms with Gasteiger partial charge in [-0.1, -0.05) is 24.4 Å². The second-order valence-electron chi connectivity index (χ2n) is 7.49. The number of benzene rings is 1. The maximum Gasteiger partial charge on any atom is 0.124 e. The summed E-state index contributed by atoms with van der Waals surface area (Å²) in [5.41, 5.74) is 0.976. The van der Waals surface area contributed by atoms with Crippen LogP contribution in [0.4, 0.5) is 0 Å². The number of nitrogens with one attached hydrogen (secondary N) is 1. The van der Waals surface area contributed by atoms with Gasteiger partial charge in [-0.3, -0.25) is 0 Å². The highest BCUT2D eigenvalue weighted by molar-refractivity contribution is 6.30. The first-order valence-electron chi connectivity index (χ1n) is 10.1. The number of β-amino-alcohol motifs (C(OH)–C–C–N with tert-alkyl or cyclic N) is 1. The van der Waals surface area contributed by atoms with Crippen LogP contribution in [0.15, 0.2) is 30.6 Å². The molecule has 1 aromatic heterocycles. The second kappa shape index (κ2) is 10.8. The fourth-order valence-corrected chi connectivity index (χ4v) is 3.75. The van der Waals surface area contributed by atoms with E-state index in [1.54, 1.807) is 6.20 Å². The maximum absolute atomic E-state index is 10.4. The van der Waals surface area contributed by atoms with Crippen molar-refractivity contribution in [2.75, 3.05) is 26.2 Å². The van der Waals surface area contributed by atoms with Crippen molar-refractivity contribution in [3.8, 4) is 5.75 Å². The Labute approximate surface area is 172 Å². The summed E-state index contributed by atoms with van der Waals surface area (Å²) in [4.78, 5) is 6.66. The van der Waals surface area contributed by atoms with Gasteiger partial charge >= 0.3 is 0 Å². The lowest BCUT2D eigenvalue weighted by atomic mass is 10.2. The highest BCUT2D eigenvalue weighted by Crippen LogP contribution is 2.23. The molecule has 1 fully saturated rings. The Morgan fingerprint density at radius 3 is 2.71 bits per heavy atom. The molecule has 0 radical (unpaired) electrons. The summed E-state index contributed by atoms with van der Waals surface area (Å²) < 4.78 is 7.93. The monoisotopic (exact) mass is 406 g/mol. The van der Waals surface area contributed by atoms with E-state index >= 15 is 0 Å². The number of likely N-dealkylation sites (tertiary alicyclic amines) is 1. The minimum Gasteiger partial charge on any atom is -0.491 e. The van der Waals surface area contributed by atoms with Gasteiger partial charge in [0.15, 0.2) is 0 Å². The predicted octanol–water partition coefficient (Wildman–Crippen LogP) is 2.98. The van der Waals surface area contributed by atoms with E-state index < -0.39 is 6.10 Å². The highest BCUT2D eigenvalue weighted by Gasteiger charge is 2.15. The lowest BCUT2D eigenvalue weighted by molar-refractivity contribution is 0.0690. The standard InChI is InChI=1S/C21H31ClN4O2/c1-25-11-8-24-21(25)14-23-13-17-12-18(22)6-7-20(17)28-16-19(27)15-26-9-4-2-3-5-10-26/h6-8,11-12,19,23,27H,2-5,9-10,13-16H2,1H3. The van der Waals surface area contributed by atoms with Gasteiger partial charge in [0.2, 0.25) is 0 Å². The first kappa shape index (κ1) is 21.1. The zero-order valence-corrected chi connectivity index (χ0v) is 17.4. The molecule has 0 amide bonds. The lowest BCUT2D eigenvalue weighted by Crippen LogP contribution is -2.36. The number of aliphatic hydroxyl groups is 1. The van der Waals surface area contributed by atoms with Crippen molar-refractivity contribution in [3.63, 3.8) is 0 Å². The van der Waals surface area contributed by atoms with Crippen LogP contribution in [0, 0.1) is 0 Å². The summed E-state index contributed by atoms with van der Waals surface area (Å²) in [6, 6.07) is 5.60. The van der Waals surface area contributed by atoms with Crippen molar-refractivity contribution in [1.82, 2.24) is 19.8 Å². The number of halogens is 1. The van der Waals surface area contributed by atoms with Crippen molar-refractivity contribution >= 4 is 11.6 Å². The zero-order valence-electron chi connectivity index (χ0n) is 16.6. The molecule has 0 bridgehead atoms. The zero-order chi connectivity index (χ0) is 19.8. The normalized spacial score (nSPS) is 16.7. The van der Waals surface area contributed by atoms with Gasteiger partial charge in [-0.15, -0.1) is 0 Å². The summed E-state index contributed by atoms with van der Waals surface area (Å²) in [6.45, 7) is 4.36. The van der Waals surface area contributed by atoms with Gasteiger partial charge in [-0.2, -0.15) is 0 Å². The molecule has 2 aromatic rings. The molecule has 0 spiro atoms. The molecule has 1 saturated heterocycles. The van der Waals surface area contributed by atoms with Crippen molar-refractivity contribution < 1.29 is 9.84 Å². The number of imidazole rings is 1. The quantitative estimate of drug-likeness (QED) is 0.670. The Hall–Kier alpha value is -1.60. The van der Waals surface area contributed by atoms with Gasteiger partial charge < -0.3 is 24.6 Å². The number of hydrogen-bond donors (Lipinski definition) is 2. The van der Waals surface area contributed by atoms with Crippen LogP contribution >= 0.6 is 11.6 Å². The number of aliphatic hydroxyl groups excluding tert-OH is 1. The SMILES string of the molecule is Cn1ccnc1CNCc1cc(Cl)ccc1OCC(O)CN1CCCCCC1. The molecule has 1 aliphatic rings. The second-order valence-corrected chi connectivity index (χ2v) is 7.93. The average Bonchev–Trinajstić information content (AvgIpc) is 2.91. The first-order valence-corrected chi connectivity index (χ1v) is 10.5. The van der Waals surface area contributed by atoms with Gasteiger partial charge in [0.25, 0.3) is 0 Å². The smallest absolute Gasteiger partial charge is 0.124 e. The van der Waals surface area contributed by atoms with Crippen molar-refractivity contribution in [1.29, 1.82) is 0 Å². The summed E-state index contributed by atoms with van der Waals surface area (Å²) in [6.07, 6.45) is 8.24. The Morgan fingerprint density at radius 1 is 1.21 bits per heavy atom. The number of aryl methyl sites for hydroxylation is 1. The summed E-state index contributed by atoms with van der Waals surface area (Å²) in [5.74, 6) is 1.73. The van der Waals surface area contributed by atoms with E-state index in [4.69, 9.17) is 16.3 Å². The van der Waals surface area contributed by atoms with Crippen molar-refractivity contribution in [2.24, 2.45) is 7.05 Å². The fraction of sp³-hybridized carbons (Fsp3) is 0.571. The Morgan fingerprint density at radius 2 is 2.00 bits per heavy atom. The van der Waals surface area contributed by atoms with E-state index in [2.05, 4.69) is 15.2 Å². The molecule has 154 valence electrons. The topological polar surface area (TPSA) is 62.6 Å². The number of rotatable bonds is 9. The van der Waals surface area contributed by atoms with Crippen LogP contribution in [-0.2, 0) is 20.1 Å². The van der Waals surface area contributed by atoms with Crippen LogP contribution in [0.25, 0.3) is 0 Å². The van der Waals surface area contributed by atoms with E-state index in [0.29, 0.717) is 24.7 Å². The third-order valence-electron chi connectivity index (χ3n) is 5.14. The van der Waals surface area contributed by atoms with Crippen LogP contribution in [0.2, 0.25) is 5.02 Å². The predicted molar refractivity (Wildman–Crippen MR) is 112 cm³/mol. The third-order valence-corrected chi connectivity index (χ3v) is 5.38. The van der Waals surface area contributed by atoms with Gasteiger partial charge in [0.05, 0.1) is 6.54 Å². The van der Waals surface area contributed by atoms with Gasteiger partial charge in [-0.05, 0) is 44.1 Å². The van der Waals surface area contributed by atoms with Crippen LogP contribution in [0.5, 0.6) is 5.75 Å². The molecule has 0 saturated carbocycles. The van der Waals surface area contributed by atoms with Crippen molar-refractivity contribution in [2.45, 2.75) is 44.9 Å². The van der Waals surface area contributed by atoms with E-state index in [-0.39, 0.29) is 6.61 Å². The molecule has 2 heterocycles. The summed E-state index contributed by atoms with van der Waals surface area (Å²) >= 11 is 6.17. The Balaban J connectivity index is 1.50. The number of nitrogens with zero attached hydrogens (tertiary/aromatic N) is 3. The average molecular weight is 407 g/mol. The molecule has 1 aromatic carbocycles. The molecule has 7 heteroatoms. The Bertz CT molecular complexity index is 729. The Kier molecular flexibility index (Phi) is 8.15. The maximum atomic E-state index is 10.4. The lowest BCUT2D eigenvalue weighted by Gasteiger charge is -2.23. The summed E-state index contributed by atoms with van der Waals surface area (Å²) in [7, 11) is 1.98. The molecule has 1 aliphatic heterocycles. The molecule has 28 heavy (non-hydrogen) atoms. The third kappa shape index (κ3) is 6.48. The molecule has 3 rings (SSSR count). The molecule has 6 nitrogen and oxygen atoms in total. The van der Waals surface area contributed by atoms with Gasteiger partial charge in [0, 0.05) is 43.1 Å². The van der Waals surface area contributed by atoms with Crippen LogP contribution in [-0.4, -0.2) is 51.9 Å². The van der Waals surface area contributed by atoms with Crippen molar-refractivity contribution in [3.05, 3.63) is 47.0 Å². The molecular weight excluding hydrogens is 376 g/mol. The highest BCUT2D eigenvalue weighted by atomic mass is 35.5. The van der Waals surface area contributed by atoms with E-state index in [1.807, 2.05) is 36.0 Å². The minimum absolute atomic E-state index is 0.282. The molecule has 1 unspecified atom stereocenters. The number of aromatic nitrogens is 2. The van der Waals surface area contributed by atoms with Gasteiger partial charge in [0.1, 0.15) is 24.3 Å². The molecule has 0 aliphatic carbocycles. The first-order chi connectivity index (χ1) is 13.6. The van der Waals surface area contributed by atoms with E-state index in [0.717, 1.165) is 30.2 Å². The fourth-order valence-electron chi connectivity index (χ4n) is 3.56. The minimum atomic E-state index is -0.498. The molecule has 2 N–H and O–H groups in total. The molecule has 1 atom stereocenters. The van der Waals surface area contributed by atoms with Crippen LogP contribution < -0.4 is 10.1 Å². The van der Waals surface area contributed by atoms with E-state index in [9.17, 15) is 5.11 Å². The van der Waals surface area contributed by atoms with Crippen LogP contribution in [0.1, 0.15) is 37.1 Å². The number of hydrogen-bond acceptors (Lipinski definition) is 5. The van der Waals surface area contributed by atoms with Gasteiger partial charge in [-0.25, -0.2) is 4.98 Å². The molecular formula is C21H31ClN4O2. The van der Waals surface area contributed by atoms with Crippen LogP contribution in [0.3, 0.4) is 0 Å². The summed E-state index contributed by atoms with van der Waals surface area (Å²) in [5, 5.41) is 14.5.